The van der Waals surface area contributed by atoms with E-state index >= 15 is 0 Å². The highest BCUT2D eigenvalue weighted by molar-refractivity contribution is 5.32. The Kier molecular flexibility index (Phi) is 4.14. The molecule has 0 aliphatic heterocycles. The van der Waals surface area contributed by atoms with Gasteiger partial charge in [-0.1, -0.05) is 26.0 Å². The Morgan fingerprint density at radius 3 is 2.53 bits per heavy atom. The van der Waals surface area contributed by atoms with Crippen LogP contribution in [0, 0.1) is 17.2 Å². The van der Waals surface area contributed by atoms with E-state index in [-0.39, 0.29) is 11.7 Å². The van der Waals surface area contributed by atoms with Crippen LogP contribution in [0.3, 0.4) is 0 Å². The molecule has 1 aromatic carbocycles. The number of aliphatic hydroxyl groups is 1. The normalized spacial score (nSPS) is 21.1. The van der Waals surface area contributed by atoms with Crippen LogP contribution in [-0.2, 0) is 0 Å². The minimum Gasteiger partial charge on any atom is -0.494 e. The van der Waals surface area contributed by atoms with Crippen LogP contribution in [0.4, 0.5) is 4.39 Å². The molecule has 19 heavy (non-hydrogen) atoms. The first kappa shape index (κ1) is 14.3. The molecular formula is C16H23FO2. The van der Waals surface area contributed by atoms with Crippen molar-refractivity contribution in [2.75, 3.05) is 7.11 Å². The molecule has 1 aromatic rings. The summed E-state index contributed by atoms with van der Waals surface area (Å²) in [6.45, 7) is 4.50. The van der Waals surface area contributed by atoms with Crippen molar-refractivity contribution < 1.29 is 14.2 Å². The summed E-state index contributed by atoms with van der Waals surface area (Å²) in [4.78, 5) is 0. The quantitative estimate of drug-likeness (QED) is 0.893. The Labute approximate surface area is 114 Å². The van der Waals surface area contributed by atoms with Crippen LogP contribution in [0.2, 0.25) is 0 Å². The van der Waals surface area contributed by atoms with Crippen molar-refractivity contribution in [1.29, 1.82) is 0 Å². The molecule has 1 saturated carbocycles. The van der Waals surface area contributed by atoms with Gasteiger partial charge in [-0.05, 0) is 43.1 Å². The van der Waals surface area contributed by atoms with Gasteiger partial charge in [-0.25, -0.2) is 4.39 Å². The van der Waals surface area contributed by atoms with E-state index < -0.39 is 11.9 Å². The van der Waals surface area contributed by atoms with Crippen LogP contribution in [0.15, 0.2) is 18.2 Å². The minimum absolute atomic E-state index is 0.148. The van der Waals surface area contributed by atoms with E-state index in [1.54, 1.807) is 18.2 Å². The zero-order chi connectivity index (χ0) is 14.0. The zero-order valence-electron chi connectivity index (χ0n) is 11.9. The predicted molar refractivity (Wildman–Crippen MR) is 73.7 cm³/mol. The molecule has 1 unspecified atom stereocenters. The molecule has 0 saturated heterocycles. The van der Waals surface area contributed by atoms with Crippen LogP contribution >= 0.6 is 0 Å². The third kappa shape index (κ3) is 3.08. The lowest BCUT2D eigenvalue weighted by Gasteiger charge is -2.36. The summed E-state index contributed by atoms with van der Waals surface area (Å²) in [6.07, 6.45) is 3.34. The third-order valence-electron chi connectivity index (χ3n) is 4.36. The van der Waals surface area contributed by atoms with Crippen LogP contribution in [0.1, 0.15) is 51.2 Å². The van der Waals surface area contributed by atoms with Crippen LogP contribution in [-0.4, -0.2) is 12.2 Å². The minimum atomic E-state index is -0.730. The molecule has 1 aliphatic rings. The summed E-state index contributed by atoms with van der Waals surface area (Å²) in [5.74, 6) is -0.0790. The summed E-state index contributed by atoms with van der Waals surface area (Å²) < 4.78 is 19.1. The molecule has 0 radical (unpaired) electrons. The van der Waals surface area contributed by atoms with E-state index in [9.17, 15) is 9.50 Å². The summed E-state index contributed by atoms with van der Waals surface area (Å²) >= 11 is 0. The highest BCUT2D eigenvalue weighted by Crippen LogP contribution is 2.43. The van der Waals surface area contributed by atoms with Gasteiger partial charge in [0.2, 0.25) is 0 Å². The Balaban J connectivity index is 2.14. The number of aliphatic hydroxyl groups excluding tert-OH is 1. The SMILES string of the molecule is COc1cccc(C(O)C2CCC(C)(C)CC2)c1F. The Bertz CT molecular complexity index is 432. The first-order chi connectivity index (χ1) is 8.94. The van der Waals surface area contributed by atoms with Crippen LogP contribution < -0.4 is 4.74 Å². The number of ether oxygens (including phenoxy) is 1. The average molecular weight is 266 g/mol. The highest BCUT2D eigenvalue weighted by atomic mass is 19.1. The number of benzene rings is 1. The van der Waals surface area contributed by atoms with Gasteiger partial charge < -0.3 is 9.84 Å². The molecule has 0 amide bonds. The third-order valence-corrected chi connectivity index (χ3v) is 4.36. The van der Waals surface area contributed by atoms with Gasteiger partial charge >= 0.3 is 0 Å². The second-order valence-corrected chi connectivity index (χ2v) is 6.31. The summed E-state index contributed by atoms with van der Waals surface area (Å²) in [6, 6.07) is 4.96. The van der Waals surface area contributed by atoms with E-state index in [1.807, 2.05) is 0 Å². The molecule has 1 N–H and O–H groups in total. The van der Waals surface area contributed by atoms with E-state index in [1.165, 1.54) is 7.11 Å². The van der Waals surface area contributed by atoms with Crippen molar-refractivity contribution >= 4 is 0 Å². The van der Waals surface area contributed by atoms with E-state index in [0.717, 1.165) is 25.7 Å². The second kappa shape index (κ2) is 5.49. The second-order valence-electron chi connectivity index (χ2n) is 6.31. The first-order valence-electron chi connectivity index (χ1n) is 6.95. The predicted octanol–water partition coefficient (Wildman–Crippen LogP) is 4.08. The highest BCUT2D eigenvalue weighted by Gasteiger charge is 2.32. The summed E-state index contributed by atoms with van der Waals surface area (Å²) in [7, 11) is 1.44. The maximum Gasteiger partial charge on any atom is 0.170 e. The molecule has 2 nitrogen and oxygen atoms in total. The van der Waals surface area contributed by atoms with Gasteiger partial charge in [0.15, 0.2) is 11.6 Å². The molecule has 2 rings (SSSR count). The van der Waals surface area contributed by atoms with Gasteiger partial charge in [-0.3, -0.25) is 0 Å². The maximum absolute atomic E-state index is 14.1. The van der Waals surface area contributed by atoms with Gasteiger partial charge in [0, 0.05) is 5.56 Å². The smallest absolute Gasteiger partial charge is 0.170 e. The molecule has 0 spiro atoms. The number of rotatable bonds is 3. The van der Waals surface area contributed by atoms with Gasteiger partial charge in [0.05, 0.1) is 13.2 Å². The summed E-state index contributed by atoms with van der Waals surface area (Å²) in [5.41, 5.74) is 0.715. The van der Waals surface area contributed by atoms with E-state index in [0.29, 0.717) is 11.0 Å². The Morgan fingerprint density at radius 2 is 1.95 bits per heavy atom. The van der Waals surface area contributed by atoms with E-state index in [2.05, 4.69) is 13.8 Å². The van der Waals surface area contributed by atoms with Crippen molar-refractivity contribution in [2.45, 2.75) is 45.6 Å². The molecule has 0 bridgehead atoms. The fourth-order valence-electron chi connectivity index (χ4n) is 2.91. The van der Waals surface area contributed by atoms with E-state index in [4.69, 9.17) is 4.74 Å². The lowest BCUT2D eigenvalue weighted by atomic mass is 9.71. The van der Waals surface area contributed by atoms with Crippen molar-refractivity contribution in [3.63, 3.8) is 0 Å². The van der Waals surface area contributed by atoms with Crippen molar-refractivity contribution in [3.05, 3.63) is 29.6 Å². The molecule has 3 heteroatoms. The molecule has 1 aliphatic carbocycles. The monoisotopic (exact) mass is 266 g/mol. The number of hydrogen-bond acceptors (Lipinski definition) is 2. The molecule has 0 heterocycles. The van der Waals surface area contributed by atoms with Crippen molar-refractivity contribution in [3.8, 4) is 5.75 Å². The Morgan fingerprint density at radius 1 is 1.32 bits per heavy atom. The first-order valence-corrected chi connectivity index (χ1v) is 6.95. The molecular weight excluding hydrogens is 243 g/mol. The molecule has 1 atom stereocenters. The standard InChI is InChI=1S/C16H23FO2/c1-16(2)9-7-11(8-10-16)15(18)12-5-4-6-13(19-3)14(12)17/h4-6,11,15,18H,7-10H2,1-3H3. The van der Waals surface area contributed by atoms with Crippen molar-refractivity contribution in [2.24, 2.45) is 11.3 Å². The number of methoxy groups -OCH3 is 1. The largest absolute Gasteiger partial charge is 0.494 e. The number of hydrogen-bond donors (Lipinski definition) is 1. The lowest BCUT2D eigenvalue weighted by Crippen LogP contribution is -2.25. The van der Waals surface area contributed by atoms with Gasteiger partial charge in [-0.15, -0.1) is 0 Å². The fourth-order valence-corrected chi connectivity index (χ4v) is 2.91. The van der Waals surface area contributed by atoms with Gasteiger partial charge in [-0.2, -0.15) is 0 Å². The van der Waals surface area contributed by atoms with Crippen molar-refractivity contribution in [1.82, 2.24) is 0 Å². The van der Waals surface area contributed by atoms with Crippen LogP contribution in [0.5, 0.6) is 5.75 Å². The molecule has 106 valence electrons. The average Bonchev–Trinajstić information content (AvgIpc) is 2.38. The van der Waals surface area contributed by atoms with Gasteiger partial charge in [0.1, 0.15) is 0 Å². The zero-order valence-corrected chi connectivity index (χ0v) is 11.9. The van der Waals surface area contributed by atoms with Gasteiger partial charge in [0.25, 0.3) is 0 Å². The Hall–Kier alpha value is -1.09. The maximum atomic E-state index is 14.1. The molecule has 1 fully saturated rings. The number of halogens is 1. The topological polar surface area (TPSA) is 29.5 Å². The molecule has 0 aromatic heterocycles. The summed E-state index contributed by atoms with van der Waals surface area (Å²) in [5, 5.41) is 10.4. The lowest BCUT2D eigenvalue weighted by molar-refractivity contribution is 0.0540. The fraction of sp³-hybridized carbons (Fsp3) is 0.625. The van der Waals surface area contributed by atoms with Crippen LogP contribution in [0.25, 0.3) is 0 Å².